The van der Waals surface area contributed by atoms with Crippen molar-refractivity contribution in [3.63, 3.8) is 0 Å². The number of nitrogens with zero attached hydrogens (tertiary/aromatic N) is 1. The van der Waals surface area contributed by atoms with Crippen molar-refractivity contribution >= 4 is 11.7 Å². The fourth-order valence-electron chi connectivity index (χ4n) is 3.19. The topological polar surface area (TPSA) is 40.5 Å². The molecule has 0 spiro atoms. The van der Waals surface area contributed by atoms with Gasteiger partial charge in [0.05, 0.1) is 0 Å². The van der Waals surface area contributed by atoms with Crippen molar-refractivity contribution in [2.75, 3.05) is 18.0 Å². The summed E-state index contributed by atoms with van der Waals surface area (Å²) in [6, 6.07) is 8.97. The molecule has 0 aromatic heterocycles. The van der Waals surface area contributed by atoms with E-state index in [4.69, 9.17) is 5.11 Å². The number of benzene rings is 1. The van der Waals surface area contributed by atoms with E-state index in [0.717, 1.165) is 25.9 Å². The van der Waals surface area contributed by atoms with E-state index in [9.17, 15) is 4.79 Å². The van der Waals surface area contributed by atoms with Gasteiger partial charge in [0.2, 0.25) is 0 Å². The predicted molar refractivity (Wildman–Crippen MR) is 91.6 cm³/mol. The van der Waals surface area contributed by atoms with Gasteiger partial charge in [-0.2, -0.15) is 0 Å². The molecule has 1 saturated heterocycles. The van der Waals surface area contributed by atoms with E-state index >= 15 is 0 Å². The Hall–Kier alpha value is -1.51. The molecule has 1 aromatic rings. The summed E-state index contributed by atoms with van der Waals surface area (Å²) in [6.07, 6.45) is 4.55. The van der Waals surface area contributed by atoms with Gasteiger partial charge in [-0.3, -0.25) is 4.79 Å². The van der Waals surface area contributed by atoms with E-state index in [1.807, 2.05) is 0 Å². The molecule has 3 nitrogen and oxygen atoms in total. The molecular formula is C19H29NO2. The largest absolute Gasteiger partial charge is 0.481 e. The third-order valence-corrected chi connectivity index (χ3v) is 4.72. The van der Waals surface area contributed by atoms with Gasteiger partial charge in [-0.05, 0) is 54.7 Å². The van der Waals surface area contributed by atoms with E-state index in [1.165, 1.54) is 24.1 Å². The van der Waals surface area contributed by atoms with Crippen molar-refractivity contribution in [1.29, 1.82) is 0 Å². The molecule has 0 radical (unpaired) electrons. The standard InChI is InChI=1S/C19H29NO2/c1-19(2,3)16-7-9-17(10-8-16)20-13-11-15(12-14-20)5-4-6-18(21)22/h7-10,15H,4-6,11-14H2,1-3H3,(H,21,22). The molecule has 0 saturated carbocycles. The molecule has 1 aromatic carbocycles. The van der Waals surface area contributed by atoms with E-state index in [1.54, 1.807) is 0 Å². The average molecular weight is 303 g/mol. The highest BCUT2D eigenvalue weighted by Crippen LogP contribution is 2.29. The number of rotatable bonds is 5. The summed E-state index contributed by atoms with van der Waals surface area (Å²) in [5.41, 5.74) is 2.90. The number of hydrogen-bond donors (Lipinski definition) is 1. The van der Waals surface area contributed by atoms with Crippen LogP contribution in [0.15, 0.2) is 24.3 Å². The van der Waals surface area contributed by atoms with Crippen LogP contribution in [-0.2, 0) is 10.2 Å². The third-order valence-electron chi connectivity index (χ3n) is 4.72. The highest BCUT2D eigenvalue weighted by atomic mass is 16.4. The van der Waals surface area contributed by atoms with Gasteiger partial charge in [0, 0.05) is 25.2 Å². The normalized spacial score (nSPS) is 16.8. The van der Waals surface area contributed by atoms with Crippen molar-refractivity contribution in [2.45, 2.75) is 58.3 Å². The summed E-state index contributed by atoms with van der Waals surface area (Å²) in [5, 5.41) is 8.70. The maximum Gasteiger partial charge on any atom is 0.303 e. The number of piperidine rings is 1. The lowest BCUT2D eigenvalue weighted by atomic mass is 9.87. The molecule has 1 aliphatic rings. The Labute approximate surface area is 134 Å². The number of anilines is 1. The van der Waals surface area contributed by atoms with E-state index in [-0.39, 0.29) is 5.41 Å². The fraction of sp³-hybridized carbons (Fsp3) is 0.632. The van der Waals surface area contributed by atoms with Gasteiger partial charge in [0.1, 0.15) is 0 Å². The molecule has 0 unspecified atom stereocenters. The maximum absolute atomic E-state index is 10.6. The summed E-state index contributed by atoms with van der Waals surface area (Å²) in [7, 11) is 0. The molecule has 1 N–H and O–H groups in total. The SMILES string of the molecule is CC(C)(C)c1ccc(N2CCC(CCCC(=O)O)CC2)cc1. The lowest BCUT2D eigenvalue weighted by Gasteiger charge is -2.34. The van der Waals surface area contributed by atoms with E-state index < -0.39 is 5.97 Å². The summed E-state index contributed by atoms with van der Waals surface area (Å²) >= 11 is 0. The molecule has 1 fully saturated rings. The van der Waals surface area contributed by atoms with Crippen LogP contribution in [0.5, 0.6) is 0 Å². The number of hydrogen-bond acceptors (Lipinski definition) is 2. The fourth-order valence-corrected chi connectivity index (χ4v) is 3.19. The summed E-state index contributed by atoms with van der Waals surface area (Å²) in [4.78, 5) is 13.0. The summed E-state index contributed by atoms with van der Waals surface area (Å²) in [6.45, 7) is 8.90. The smallest absolute Gasteiger partial charge is 0.303 e. The zero-order chi connectivity index (χ0) is 16.2. The summed E-state index contributed by atoms with van der Waals surface area (Å²) < 4.78 is 0. The first kappa shape index (κ1) is 16.9. The monoisotopic (exact) mass is 303 g/mol. The van der Waals surface area contributed by atoms with E-state index in [0.29, 0.717) is 12.3 Å². The molecule has 0 amide bonds. The minimum atomic E-state index is -0.670. The van der Waals surface area contributed by atoms with Gasteiger partial charge in [0.15, 0.2) is 0 Å². The van der Waals surface area contributed by atoms with Gasteiger partial charge in [-0.1, -0.05) is 32.9 Å². The van der Waals surface area contributed by atoms with Gasteiger partial charge in [-0.25, -0.2) is 0 Å². The third kappa shape index (κ3) is 4.75. The first-order chi connectivity index (χ1) is 10.4. The van der Waals surface area contributed by atoms with Crippen LogP contribution < -0.4 is 4.90 Å². The zero-order valence-corrected chi connectivity index (χ0v) is 14.1. The van der Waals surface area contributed by atoms with Crippen LogP contribution in [0, 0.1) is 5.92 Å². The maximum atomic E-state index is 10.6. The minimum Gasteiger partial charge on any atom is -0.481 e. The Morgan fingerprint density at radius 2 is 1.77 bits per heavy atom. The second-order valence-corrected chi connectivity index (χ2v) is 7.51. The highest BCUT2D eigenvalue weighted by molar-refractivity contribution is 5.66. The van der Waals surface area contributed by atoms with Crippen LogP contribution in [0.25, 0.3) is 0 Å². The molecule has 1 heterocycles. The van der Waals surface area contributed by atoms with Crippen molar-refractivity contribution in [3.8, 4) is 0 Å². The molecule has 0 atom stereocenters. The number of carboxylic acid groups (broad SMARTS) is 1. The quantitative estimate of drug-likeness (QED) is 0.873. The number of aliphatic carboxylic acids is 1. The van der Waals surface area contributed by atoms with Crippen molar-refractivity contribution in [3.05, 3.63) is 29.8 Å². The molecule has 1 aliphatic heterocycles. The number of carboxylic acids is 1. The van der Waals surface area contributed by atoms with Gasteiger partial charge >= 0.3 is 5.97 Å². The average Bonchev–Trinajstić information content (AvgIpc) is 2.47. The van der Waals surface area contributed by atoms with Gasteiger partial charge in [-0.15, -0.1) is 0 Å². The summed E-state index contributed by atoms with van der Waals surface area (Å²) in [5.74, 6) is 0.0285. The van der Waals surface area contributed by atoms with E-state index in [2.05, 4.69) is 49.9 Å². The Morgan fingerprint density at radius 3 is 2.27 bits per heavy atom. The van der Waals surface area contributed by atoms with Crippen molar-refractivity contribution in [1.82, 2.24) is 0 Å². The lowest BCUT2D eigenvalue weighted by molar-refractivity contribution is -0.137. The predicted octanol–water partition coefficient (Wildman–Crippen LogP) is 4.46. The molecule has 0 bridgehead atoms. The minimum absolute atomic E-state index is 0.204. The number of carbonyl (C=O) groups is 1. The molecular weight excluding hydrogens is 274 g/mol. The van der Waals surface area contributed by atoms with Gasteiger partial charge < -0.3 is 10.0 Å². The highest BCUT2D eigenvalue weighted by Gasteiger charge is 2.20. The van der Waals surface area contributed by atoms with Crippen LogP contribution in [0.2, 0.25) is 0 Å². The molecule has 3 heteroatoms. The van der Waals surface area contributed by atoms with Crippen LogP contribution in [-0.4, -0.2) is 24.2 Å². The first-order valence-corrected chi connectivity index (χ1v) is 8.43. The second kappa shape index (κ2) is 7.17. The molecule has 22 heavy (non-hydrogen) atoms. The van der Waals surface area contributed by atoms with Crippen molar-refractivity contribution < 1.29 is 9.90 Å². The van der Waals surface area contributed by atoms with Crippen molar-refractivity contribution in [2.24, 2.45) is 5.92 Å². The Bertz CT molecular complexity index is 479. The van der Waals surface area contributed by atoms with Gasteiger partial charge in [0.25, 0.3) is 0 Å². The Morgan fingerprint density at radius 1 is 1.18 bits per heavy atom. The van der Waals surface area contributed by atoms with Crippen LogP contribution in [0.3, 0.4) is 0 Å². The lowest BCUT2D eigenvalue weighted by Crippen LogP contribution is -2.33. The molecule has 122 valence electrons. The molecule has 2 rings (SSSR count). The zero-order valence-electron chi connectivity index (χ0n) is 14.1. The molecule has 0 aliphatic carbocycles. The second-order valence-electron chi connectivity index (χ2n) is 7.51. The first-order valence-electron chi connectivity index (χ1n) is 8.43. The Balaban J connectivity index is 1.82. The van der Waals surface area contributed by atoms with Crippen LogP contribution >= 0.6 is 0 Å². The Kier molecular flexibility index (Phi) is 5.49. The van der Waals surface area contributed by atoms with Crippen LogP contribution in [0.1, 0.15) is 58.4 Å². The van der Waals surface area contributed by atoms with Crippen LogP contribution in [0.4, 0.5) is 5.69 Å².